The van der Waals surface area contributed by atoms with E-state index < -0.39 is 23.2 Å². The molecule has 4 atom stereocenters. The summed E-state index contributed by atoms with van der Waals surface area (Å²) < 4.78 is 0. The molecule has 0 bridgehead atoms. The van der Waals surface area contributed by atoms with E-state index in [1.165, 1.54) is 12.2 Å². The standard InChI is InChI=1S/C14H18N6O2/c1-5-13(7-15,11(3)17-9-21)19-20-14(6-2,8-16)12(4)18-10-22/h11-12H,5-6H2,1-4H3/b20-19+. The number of hydrogen-bond acceptors (Lipinski definition) is 8. The Morgan fingerprint density at radius 3 is 1.36 bits per heavy atom. The van der Waals surface area contributed by atoms with Gasteiger partial charge in [-0.05, 0) is 26.7 Å². The molecule has 0 fully saturated rings. The summed E-state index contributed by atoms with van der Waals surface area (Å²) in [5.74, 6) is 0. The molecule has 0 aromatic carbocycles. The molecule has 8 nitrogen and oxygen atoms in total. The smallest absolute Gasteiger partial charge is 0.211 e. The second-order valence-electron chi connectivity index (χ2n) is 4.77. The average molecular weight is 302 g/mol. The molecule has 0 rings (SSSR count). The maximum Gasteiger partial charge on any atom is 0.235 e. The molecule has 0 aromatic heterocycles. The lowest BCUT2D eigenvalue weighted by atomic mass is 9.90. The molecule has 0 spiro atoms. The highest BCUT2D eigenvalue weighted by Gasteiger charge is 2.40. The fourth-order valence-electron chi connectivity index (χ4n) is 1.84. The summed E-state index contributed by atoms with van der Waals surface area (Å²) in [6, 6.07) is 2.46. The van der Waals surface area contributed by atoms with Crippen LogP contribution in [0.2, 0.25) is 0 Å². The first-order valence-electron chi connectivity index (χ1n) is 6.82. The van der Waals surface area contributed by atoms with Gasteiger partial charge in [-0.15, -0.1) is 0 Å². The Kier molecular flexibility index (Phi) is 7.55. The quantitative estimate of drug-likeness (QED) is 0.386. The second kappa shape index (κ2) is 8.59. The lowest BCUT2D eigenvalue weighted by Gasteiger charge is -2.26. The average Bonchev–Trinajstić information content (AvgIpc) is 2.53. The Morgan fingerprint density at radius 2 is 1.18 bits per heavy atom. The minimum atomic E-state index is -1.38. The fourth-order valence-corrected chi connectivity index (χ4v) is 1.84. The summed E-state index contributed by atoms with van der Waals surface area (Å²) in [7, 11) is 0. The van der Waals surface area contributed by atoms with E-state index in [2.05, 4.69) is 20.2 Å². The van der Waals surface area contributed by atoms with Crippen molar-refractivity contribution in [1.29, 1.82) is 10.5 Å². The topological polar surface area (TPSA) is 131 Å². The van der Waals surface area contributed by atoms with E-state index in [0.717, 1.165) is 0 Å². The van der Waals surface area contributed by atoms with E-state index in [-0.39, 0.29) is 12.8 Å². The zero-order chi connectivity index (χ0) is 17.2. The van der Waals surface area contributed by atoms with Gasteiger partial charge in [0.2, 0.25) is 12.2 Å². The van der Waals surface area contributed by atoms with Gasteiger partial charge in [0.1, 0.15) is 12.1 Å². The van der Waals surface area contributed by atoms with E-state index in [1.807, 2.05) is 12.1 Å². The van der Waals surface area contributed by atoms with Crippen molar-refractivity contribution in [2.75, 3.05) is 0 Å². The molecule has 0 N–H and O–H groups in total. The number of isocyanates is 2. The van der Waals surface area contributed by atoms with Crippen molar-refractivity contribution in [2.24, 2.45) is 20.2 Å². The lowest BCUT2D eigenvalue weighted by Crippen LogP contribution is -2.39. The Balaban J connectivity index is 5.92. The van der Waals surface area contributed by atoms with Crippen LogP contribution >= 0.6 is 0 Å². The van der Waals surface area contributed by atoms with Crippen molar-refractivity contribution in [3.63, 3.8) is 0 Å². The van der Waals surface area contributed by atoms with E-state index in [1.54, 1.807) is 27.7 Å². The monoisotopic (exact) mass is 302 g/mol. The summed E-state index contributed by atoms with van der Waals surface area (Å²) in [6.45, 7) is 6.49. The van der Waals surface area contributed by atoms with E-state index in [0.29, 0.717) is 0 Å². The minimum absolute atomic E-state index is 0.246. The van der Waals surface area contributed by atoms with Crippen molar-refractivity contribution >= 4 is 12.2 Å². The van der Waals surface area contributed by atoms with E-state index in [4.69, 9.17) is 0 Å². The van der Waals surface area contributed by atoms with Crippen LogP contribution in [0.5, 0.6) is 0 Å². The second-order valence-corrected chi connectivity index (χ2v) is 4.77. The molecule has 0 amide bonds. The van der Waals surface area contributed by atoms with Crippen molar-refractivity contribution in [2.45, 2.75) is 63.7 Å². The molecule has 22 heavy (non-hydrogen) atoms. The Bertz CT molecular complexity index is 539. The molecular weight excluding hydrogens is 284 g/mol. The van der Waals surface area contributed by atoms with Crippen molar-refractivity contribution < 1.29 is 9.59 Å². The van der Waals surface area contributed by atoms with Gasteiger partial charge in [0, 0.05) is 0 Å². The van der Waals surface area contributed by atoms with Gasteiger partial charge in [-0.2, -0.15) is 30.7 Å². The van der Waals surface area contributed by atoms with Crippen LogP contribution < -0.4 is 0 Å². The molecular formula is C14H18N6O2. The number of carbonyl (C=O) groups excluding carboxylic acids is 2. The van der Waals surface area contributed by atoms with Gasteiger partial charge in [-0.3, -0.25) is 0 Å². The van der Waals surface area contributed by atoms with Crippen LogP contribution in [0.25, 0.3) is 0 Å². The first-order valence-corrected chi connectivity index (χ1v) is 6.82. The summed E-state index contributed by atoms with van der Waals surface area (Å²) in [5, 5.41) is 26.8. The van der Waals surface area contributed by atoms with Gasteiger partial charge in [-0.1, -0.05) is 13.8 Å². The summed E-state index contributed by atoms with van der Waals surface area (Å²) in [4.78, 5) is 27.9. The molecule has 0 aliphatic rings. The molecule has 0 heterocycles. The van der Waals surface area contributed by atoms with Crippen LogP contribution in [0.15, 0.2) is 20.2 Å². The highest BCUT2D eigenvalue weighted by atomic mass is 16.1. The summed E-state index contributed by atoms with van der Waals surface area (Å²) >= 11 is 0. The number of aliphatic imine (C=N–C) groups is 2. The molecule has 0 radical (unpaired) electrons. The van der Waals surface area contributed by atoms with Gasteiger partial charge in [0.25, 0.3) is 0 Å². The van der Waals surface area contributed by atoms with Gasteiger partial charge < -0.3 is 0 Å². The first kappa shape index (κ1) is 19.3. The third-order valence-corrected chi connectivity index (χ3v) is 3.75. The van der Waals surface area contributed by atoms with E-state index in [9.17, 15) is 20.1 Å². The Morgan fingerprint density at radius 1 is 0.864 bits per heavy atom. The number of rotatable bonds is 8. The highest BCUT2D eigenvalue weighted by Crippen LogP contribution is 2.28. The van der Waals surface area contributed by atoms with Crippen LogP contribution in [0, 0.1) is 22.7 Å². The predicted octanol–water partition coefficient (Wildman–Crippen LogP) is 2.23. The van der Waals surface area contributed by atoms with E-state index >= 15 is 0 Å². The minimum Gasteiger partial charge on any atom is -0.211 e. The largest absolute Gasteiger partial charge is 0.235 e. The normalized spacial score (nSPS) is 18.5. The van der Waals surface area contributed by atoms with Crippen LogP contribution in [-0.2, 0) is 9.59 Å². The van der Waals surface area contributed by atoms with Gasteiger partial charge in [0.05, 0.1) is 12.1 Å². The number of nitriles is 2. The molecule has 116 valence electrons. The highest BCUT2D eigenvalue weighted by molar-refractivity contribution is 5.35. The molecule has 4 unspecified atom stereocenters. The molecule has 0 aliphatic carbocycles. The molecule has 0 saturated carbocycles. The van der Waals surface area contributed by atoms with Crippen LogP contribution in [0.3, 0.4) is 0 Å². The fraction of sp³-hybridized carbons (Fsp3) is 0.714. The zero-order valence-electron chi connectivity index (χ0n) is 13.1. The molecule has 0 saturated heterocycles. The molecule has 0 aromatic rings. The van der Waals surface area contributed by atoms with Crippen LogP contribution in [-0.4, -0.2) is 35.3 Å². The van der Waals surface area contributed by atoms with Gasteiger partial charge in [0.15, 0.2) is 11.1 Å². The molecule has 0 aliphatic heterocycles. The van der Waals surface area contributed by atoms with Gasteiger partial charge in [-0.25, -0.2) is 9.59 Å². The first-order chi connectivity index (χ1) is 10.4. The summed E-state index contributed by atoms with van der Waals surface area (Å²) in [6.07, 6.45) is 3.29. The van der Waals surface area contributed by atoms with Crippen molar-refractivity contribution in [3.05, 3.63) is 0 Å². The number of azo groups is 1. The Labute approximate surface area is 129 Å². The Hall–Kier alpha value is -2.66. The SMILES string of the molecule is CCC(C#N)(/N=N/C(C#N)(CC)C(C)N=C=O)C(C)N=C=O. The van der Waals surface area contributed by atoms with Crippen molar-refractivity contribution in [1.82, 2.24) is 0 Å². The maximum atomic E-state index is 10.4. The maximum absolute atomic E-state index is 10.4. The van der Waals surface area contributed by atoms with Crippen LogP contribution in [0.4, 0.5) is 0 Å². The zero-order valence-corrected chi connectivity index (χ0v) is 13.1. The van der Waals surface area contributed by atoms with Crippen molar-refractivity contribution in [3.8, 4) is 12.1 Å². The molecule has 8 heteroatoms. The number of hydrogen-bond donors (Lipinski definition) is 0. The number of nitrogens with zero attached hydrogens (tertiary/aromatic N) is 6. The predicted molar refractivity (Wildman–Crippen MR) is 77.3 cm³/mol. The van der Waals surface area contributed by atoms with Crippen LogP contribution in [0.1, 0.15) is 40.5 Å². The summed E-state index contributed by atoms with van der Waals surface area (Å²) in [5.41, 5.74) is -2.75. The third kappa shape index (κ3) is 3.93. The lowest BCUT2D eigenvalue weighted by molar-refractivity contribution is 0.365. The van der Waals surface area contributed by atoms with Gasteiger partial charge >= 0.3 is 0 Å². The third-order valence-electron chi connectivity index (χ3n) is 3.75.